The summed E-state index contributed by atoms with van der Waals surface area (Å²) in [6.07, 6.45) is 2.66. The number of carbonyl (C=O) groups excluding carboxylic acids is 2. The molecule has 1 N–H and O–H groups in total. The molecule has 1 aromatic heterocycles. The van der Waals surface area contributed by atoms with E-state index >= 15 is 0 Å². The van der Waals surface area contributed by atoms with E-state index in [0.717, 1.165) is 51.5 Å². The van der Waals surface area contributed by atoms with E-state index in [1.807, 2.05) is 49.4 Å². The number of hydrogen-bond acceptors (Lipinski definition) is 4. The molecular formula is C27H29BrN2O3. The van der Waals surface area contributed by atoms with E-state index in [1.165, 1.54) is 0 Å². The fourth-order valence-electron chi connectivity index (χ4n) is 4.47. The van der Waals surface area contributed by atoms with Gasteiger partial charge in [-0.1, -0.05) is 45.0 Å². The lowest BCUT2D eigenvalue weighted by Gasteiger charge is -2.35. The normalized spacial score (nSPS) is 15.7. The van der Waals surface area contributed by atoms with E-state index in [4.69, 9.17) is 9.72 Å². The van der Waals surface area contributed by atoms with Crippen molar-refractivity contribution in [1.29, 1.82) is 0 Å². The van der Waals surface area contributed by atoms with E-state index in [0.29, 0.717) is 17.2 Å². The lowest BCUT2D eigenvalue weighted by atomic mass is 9.70. The molecular weight excluding hydrogens is 480 g/mol. The Morgan fingerprint density at radius 3 is 2.67 bits per heavy atom. The van der Waals surface area contributed by atoms with Gasteiger partial charge < -0.3 is 10.1 Å². The van der Waals surface area contributed by atoms with Crippen molar-refractivity contribution in [3.63, 3.8) is 0 Å². The van der Waals surface area contributed by atoms with Crippen LogP contribution in [-0.2, 0) is 22.4 Å². The minimum absolute atomic E-state index is 0.131. The average molecular weight is 509 g/mol. The van der Waals surface area contributed by atoms with Crippen molar-refractivity contribution in [3.05, 3.63) is 69.3 Å². The van der Waals surface area contributed by atoms with Crippen LogP contribution in [0.2, 0.25) is 0 Å². The lowest BCUT2D eigenvalue weighted by molar-refractivity contribution is -0.119. The SMILES string of the molecule is Cc1ccc(NC(=O)COC(=O)c2c3c(nc4ccccc24)CC[C@H](C(C)(C)C)C3)c(Br)c1. The Bertz CT molecular complexity index is 1230. The summed E-state index contributed by atoms with van der Waals surface area (Å²) in [4.78, 5) is 30.7. The number of aryl methyl sites for hydroxylation is 2. The Balaban J connectivity index is 1.59. The molecule has 0 unspecified atom stereocenters. The monoisotopic (exact) mass is 508 g/mol. The second kappa shape index (κ2) is 9.26. The number of fused-ring (bicyclic) bond motifs is 2. The van der Waals surface area contributed by atoms with Gasteiger partial charge in [-0.05, 0) is 82.8 Å². The third-order valence-electron chi connectivity index (χ3n) is 6.42. The standard InChI is InChI=1S/C27H29BrN2O3/c1-16-9-11-23(20(28)13-16)30-24(31)15-33-26(32)25-18-7-5-6-8-21(18)29-22-12-10-17(14-19(22)25)27(2,3)4/h5-9,11,13,17H,10,12,14-15H2,1-4H3,(H,30,31)/t17-/m0/s1. The highest BCUT2D eigenvalue weighted by molar-refractivity contribution is 9.10. The number of rotatable bonds is 4. The highest BCUT2D eigenvalue weighted by Gasteiger charge is 2.33. The van der Waals surface area contributed by atoms with Gasteiger partial charge in [0.05, 0.1) is 16.8 Å². The number of nitrogens with zero attached hydrogens (tertiary/aromatic N) is 1. The molecule has 0 fully saturated rings. The molecule has 172 valence electrons. The molecule has 1 aliphatic rings. The molecule has 6 heteroatoms. The summed E-state index contributed by atoms with van der Waals surface area (Å²) in [5.74, 6) is -0.410. The van der Waals surface area contributed by atoms with Crippen LogP contribution < -0.4 is 5.32 Å². The molecule has 1 heterocycles. The van der Waals surface area contributed by atoms with Gasteiger partial charge in [-0.2, -0.15) is 0 Å². The Morgan fingerprint density at radius 1 is 1.18 bits per heavy atom. The Labute approximate surface area is 203 Å². The van der Waals surface area contributed by atoms with E-state index in [2.05, 4.69) is 42.0 Å². The summed E-state index contributed by atoms with van der Waals surface area (Å²) < 4.78 is 6.31. The maximum Gasteiger partial charge on any atom is 0.339 e. The zero-order chi connectivity index (χ0) is 23.8. The molecule has 3 aromatic rings. The van der Waals surface area contributed by atoms with Gasteiger partial charge in [-0.15, -0.1) is 0 Å². The summed E-state index contributed by atoms with van der Waals surface area (Å²) in [7, 11) is 0. The number of aromatic nitrogens is 1. The molecule has 2 aromatic carbocycles. The molecule has 0 saturated heterocycles. The Morgan fingerprint density at radius 2 is 1.94 bits per heavy atom. The van der Waals surface area contributed by atoms with Crippen LogP contribution in [0, 0.1) is 18.3 Å². The predicted molar refractivity (Wildman–Crippen MR) is 135 cm³/mol. The second-order valence-electron chi connectivity index (χ2n) is 9.84. The molecule has 1 aliphatic carbocycles. The summed E-state index contributed by atoms with van der Waals surface area (Å²) >= 11 is 3.45. The maximum atomic E-state index is 13.3. The van der Waals surface area contributed by atoms with Crippen molar-refractivity contribution in [2.75, 3.05) is 11.9 Å². The second-order valence-corrected chi connectivity index (χ2v) is 10.7. The van der Waals surface area contributed by atoms with Gasteiger partial charge in [0.2, 0.25) is 0 Å². The van der Waals surface area contributed by atoms with Crippen molar-refractivity contribution in [2.45, 2.75) is 47.0 Å². The summed E-state index contributed by atoms with van der Waals surface area (Å²) in [5, 5.41) is 3.57. The number of hydrogen-bond donors (Lipinski definition) is 1. The first kappa shape index (κ1) is 23.4. The first-order valence-corrected chi connectivity index (χ1v) is 12.1. The van der Waals surface area contributed by atoms with Crippen LogP contribution in [0.15, 0.2) is 46.9 Å². The van der Waals surface area contributed by atoms with Crippen LogP contribution in [0.25, 0.3) is 10.9 Å². The van der Waals surface area contributed by atoms with Gasteiger partial charge >= 0.3 is 5.97 Å². The van der Waals surface area contributed by atoms with Gasteiger partial charge in [-0.3, -0.25) is 9.78 Å². The predicted octanol–water partition coefficient (Wildman–Crippen LogP) is 6.25. The van der Waals surface area contributed by atoms with Crippen LogP contribution in [0.3, 0.4) is 0 Å². The van der Waals surface area contributed by atoms with Crippen molar-refractivity contribution >= 4 is 44.4 Å². The van der Waals surface area contributed by atoms with Crippen molar-refractivity contribution in [2.24, 2.45) is 11.3 Å². The number of anilines is 1. The van der Waals surface area contributed by atoms with Crippen LogP contribution >= 0.6 is 15.9 Å². The average Bonchev–Trinajstić information content (AvgIpc) is 2.76. The topological polar surface area (TPSA) is 68.3 Å². The molecule has 0 spiro atoms. The quantitative estimate of drug-likeness (QED) is 0.422. The largest absolute Gasteiger partial charge is 0.452 e. The fraction of sp³-hybridized carbons (Fsp3) is 0.370. The highest BCUT2D eigenvalue weighted by Crippen LogP contribution is 2.39. The number of ether oxygens (including phenoxy) is 1. The van der Waals surface area contributed by atoms with Crippen LogP contribution in [0.4, 0.5) is 5.69 Å². The molecule has 0 radical (unpaired) electrons. The number of esters is 1. The van der Waals surface area contributed by atoms with Gasteiger partial charge in [0, 0.05) is 15.6 Å². The fourth-order valence-corrected chi connectivity index (χ4v) is 5.06. The zero-order valence-electron chi connectivity index (χ0n) is 19.5. The summed E-state index contributed by atoms with van der Waals surface area (Å²) in [6, 6.07) is 13.3. The van der Waals surface area contributed by atoms with Crippen molar-refractivity contribution in [1.82, 2.24) is 4.98 Å². The number of para-hydroxylation sites is 1. The smallest absolute Gasteiger partial charge is 0.339 e. The molecule has 0 saturated carbocycles. The first-order chi connectivity index (χ1) is 15.6. The third-order valence-corrected chi connectivity index (χ3v) is 7.08. The van der Waals surface area contributed by atoms with Gasteiger partial charge in [0.1, 0.15) is 0 Å². The summed E-state index contributed by atoms with van der Waals surface area (Å²) in [5.41, 5.74) is 5.11. The van der Waals surface area contributed by atoms with E-state index < -0.39 is 5.97 Å². The molecule has 0 bridgehead atoms. The Kier molecular flexibility index (Phi) is 6.57. The third kappa shape index (κ3) is 5.11. The first-order valence-electron chi connectivity index (χ1n) is 11.3. The zero-order valence-corrected chi connectivity index (χ0v) is 21.1. The molecule has 4 rings (SSSR count). The van der Waals surface area contributed by atoms with Crippen molar-refractivity contribution < 1.29 is 14.3 Å². The summed E-state index contributed by atoms with van der Waals surface area (Å²) in [6.45, 7) is 8.34. The van der Waals surface area contributed by atoms with Crippen LogP contribution in [-0.4, -0.2) is 23.5 Å². The van der Waals surface area contributed by atoms with E-state index in [-0.39, 0.29) is 17.9 Å². The number of carbonyl (C=O) groups is 2. The number of halogens is 1. The molecule has 1 atom stereocenters. The minimum Gasteiger partial charge on any atom is -0.452 e. The molecule has 0 aliphatic heterocycles. The van der Waals surface area contributed by atoms with Crippen LogP contribution in [0.1, 0.15) is 54.4 Å². The van der Waals surface area contributed by atoms with Gasteiger partial charge in [0.15, 0.2) is 6.61 Å². The highest BCUT2D eigenvalue weighted by atomic mass is 79.9. The van der Waals surface area contributed by atoms with Crippen molar-refractivity contribution in [3.8, 4) is 0 Å². The van der Waals surface area contributed by atoms with Crippen LogP contribution in [0.5, 0.6) is 0 Å². The molecule has 33 heavy (non-hydrogen) atoms. The van der Waals surface area contributed by atoms with E-state index in [1.54, 1.807) is 0 Å². The number of pyridine rings is 1. The lowest BCUT2D eigenvalue weighted by Crippen LogP contribution is -2.29. The molecule has 5 nitrogen and oxygen atoms in total. The maximum absolute atomic E-state index is 13.3. The number of benzene rings is 2. The Hall–Kier alpha value is -2.73. The van der Waals surface area contributed by atoms with Gasteiger partial charge in [0.25, 0.3) is 5.91 Å². The molecule has 1 amide bonds. The van der Waals surface area contributed by atoms with E-state index in [9.17, 15) is 9.59 Å². The number of amides is 1. The van der Waals surface area contributed by atoms with Gasteiger partial charge in [-0.25, -0.2) is 4.79 Å². The minimum atomic E-state index is -0.475. The number of nitrogens with one attached hydrogen (secondary N) is 1.